The quantitative estimate of drug-likeness (QED) is 0.562. The van der Waals surface area contributed by atoms with Gasteiger partial charge in [0.05, 0.1) is 4.90 Å². The van der Waals surface area contributed by atoms with Crippen molar-refractivity contribution in [2.24, 2.45) is 0 Å². The molecule has 0 spiro atoms. The smallest absolute Gasteiger partial charge is 0.262 e. The molecule has 1 saturated carbocycles. The summed E-state index contributed by atoms with van der Waals surface area (Å²) in [6, 6.07) is 14.1. The topological polar surface area (TPSA) is 75.7 Å². The van der Waals surface area contributed by atoms with Gasteiger partial charge >= 0.3 is 0 Å². The van der Waals surface area contributed by atoms with Crippen LogP contribution < -0.4 is 10.1 Å². The van der Waals surface area contributed by atoms with Gasteiger partial charge < -0.3 is 10.1 Å². The standard InChI is InChI=1S/C25H34N2O4S/c1-4-19(2)23-12-8-9-13-24(23)31-18-25(28)26-20-14-16-22(17-15-20)32(29,30)27(3)21-10-6-5-7-11-21/h8-9,12-17,19,21H,4-7,10-11,18H2,1-3H3,(H,26,28)/t19-/m0/s1. The van der Waals surface area contributed by atoms with E-state index in [1.165, 1.54) is 10.7 Å². The van der Waals surface area contributed by atoms with E-state index in [4.69, 9.17) is 4.74 Å². The van der Waals surface area contributed by atoms with Gasteiger partial charge in [0.25, 0.3) is 5.91 Å². The number of carbonyl (C=O) groups is 1. The van der Waals surface area contributed by atoms with E-state index in [0.717, 1.165) is 37.7 Å². The average molecular weight is 459 g/mol. The molecule has 1 aliphatic carbocycles. The van der Waals surface area contributed by atoms with Gasteiger partial charge in [0.15, 0.2) is 6.61 Å². The van der Waals surface area contributed by atoms with Crippen LogP contribution in [0.3, 0.4) is 0 Å². The van der Waals surface area contributed by atoms with Gasteiger partial charge in [-0.1, -0.05) is 51.3 Å². The fraction of sp³-hybridized carbons (Fsp3) is 0.480. The van der Waals surface area contributed by atoms with Crippen molar-refractivity contribution in [2.75, 3.05) is 19.0 Å². The molecule has 0 heterocycles. The second kappa shape index (κ2) is 11.0. The maximum Gasteiger partial charge on any atom is 0.262 e. The second-order valence-corrected chi connectivity index (χ2v) is 10.5. The molecule has 32 heavy (non-hydrogen) atoms. The molecule has 1 aliphatic rings. The van der Waals surface area contributed by atoms with Gasteiger partial charge in [-0.2, -0.15) is 4.31 Å². The zero-order chi connectivity index (χ0) is 23.1. The summed E-state index contributed by atoms with van der Waals surface area (Å²) >= 11 is 0. The summed E-state index contributed by atoms with van der Waals surface area (Å²) in [4.78, 5) is 12.6. The summed E-state index contributed by atoms with van der Waals surface area (Å²) < 4.78 is 33.2. The number of hydrogen-bond acceptors (Lipinski definition) is 4. The lowest BCUT2D eigenvalue weighted by Crippen LogP contribution is -2.38. The molecule has 174 valence electrons. The maximum atomic E-state index is 13.0. The molecular formula is C25H34N2O4S. The molecule has 7 heteroatoms. The fourth-order valence-corrected chi connectivity index (χ4v) is 5.51. The number of benzene rings is 2. The molecule has 1 fully saturated rings. The molecule has 1 amide bonds. The number of para-hydroxylation sites is 1. The van der Waals surface area contributed by atoms with Gasteiger partial charge in [0.1, 0.15) is 5.75 Å². The molecular weight excluding hydrogens is 424 g/mol. The van der Waals surface area contributed by atoms with Crippen molar-refractivity contribution < 1.29 is 17.9 Å². The van der Waals surface area contributed by atoms with Gasteiger partial charge in [0, 0.05) is 18.8 Å². The van der Waals surface area contributed by atoms with Crippen molar-refractivity contribution in [3.63, 3.8) is 0 Å². The molecule has 1 atom stereocenters. The zero-order valence-electron chi connectivity index (χ0n) is 19.2. The van der Waals surface area contributed by atoms with Crippen LogP contribution in [0.1, 0.15) is 63.9 Å². The Hall–Kier alpha value is -2.38. The number of rotatable bonds is 9. The summed E-state index contributed by atoms with van der Waals surface area (Å²) in [7, 11) is -1.89. The Labute approximate surface area is 192 Å². The Morgan fingerprint density at radius 3 is 2.41 bits per heavy atom. The second-order valence-electron chi connectivity index (χ2n) is 8.52. The van der Waals surface area contributed by atoms with E-state index in [1.807, 2.05) is 24.3 Å². The van der Waals surface area contributed by atoms with Crippen molar-refractivity contribution in [3.8, 4) is 5.75 Å². The average Bonchev–Trinajstić information content (AvgIpc) is 2.82. The largest absolute Gasteiger partial charge is 0.483 e. The fourth-order valence-electron chi connectivity index (χ4n) is 4.10. The summed E-state index contributed by atoms with van der Waals surface area (Å²) in [6.07, 6.45) is 6.11. The van der Waals surface area contributed by atoms with Crippen LogP contribution in [0, 0.1) is 0 Å². The molecule has 0 aliphatic heterocycles. The van der Waals surface area contributed by atoms with Crippen molar-refractivity contribution in [1.82, 2.24) is 4.31 Å². The van der Waals surface area contributed by atoms with Gasteiger partial charge in [-0.05, 0) is 61.1 Å². The summed E-state index contributed by atoms with van der Waals surface area (Å²) in [5, 5.41) is 2.77. The predicted molar refractivity (Wildman–Crippen MR) is 128 cm³/mol. The lowest BCUT2D eigenvalue weighted by Gasteiger charge is -2.30. The van der Waals surface area contributed by atoms with E-state index < -0.39 is 10.0 Å². The SMILES string of the molecule is CC[C@H](C)c1ccccc1OCC(=O)Nc1ccc(S(=O)(=O)N(C)C2CCCCC2)cc1. The van der Waals surface area contributed by atoms with Gasteiger partial charge in [-0.15, -0.1) is 0 Å². The molecule has 2 aromatic rings. The molecule has 0 aromatic heterocycles. The lowest BCUT2D eigenvalue weighted by atomic mass is 9.96. The summed E-state index contributed by atoms with van der Waals surface area (Å²) in [5.41, 5.74) is 1.62. The Kier molecular flexibility index (Phi) is 8.32. The molecule has 0 saturated heterocycles. The molecule has 6 nitrogen and oxygen atoms in total. The molecule has 1 N–H and O–H groups in total. The van der Waals surface area contributed by atoms with Crippen LogP contribution in [0.2, 0.25) is 0 Å². The predicted octanol–water partition coefficient (Wildman–Crippen LogP) is 5.17. The molecule has 3 rings (SSSR count). The highest BCUT2D eigenvalue weighted by atomic mass is 32.2. The van der Waals surface area contributed by atoms with Crippen LogP contribution >= 0.6 is 0 Å². The first-order valence-electron chi connectivity index (χ1n) is 11.4. The first kappa shape index (κ1) is 24.3. The number of amides is 1. The van der Waals surface area contributed by atoms with Crippen molar-refractivity contribution in [1.29, 1.82) is 0 Å². The van der Waals surface area contributed by atoms with Crippen molar-refractivity contribution in [2.45, 2.75) is 69.2 Å². The van der Waals surface area contributed by atoms with E-state index in [9.17, 15) is 13.2 Å². The highest BCUT2D eigenvalue weighted by Crippen LogP contribution is 2.29. The number of hydrogen-bond donors (Lipinski definition) is 1. The van der Waals surface area contributed by atoms with Crippen molar-refractivity contribution >= 4 is 21.6 Å². The van der Waals surface area contributed by atoms with Crippen LogP contribution in [0.4, 0.5) is 5.69 Å². The summed E-state index contributed by atoms with van der Waals surface area (Å²) in [5.74, 6) is 0.763. The Balaban J connectivity index is 1.59. The Morgan fingerprint density at radius 1 is 1.09 bits per heavy atom. The minimum absolute atomic E-state index is 0.0589. The maximum absolute atomic E-state index is 13.0. The number of ether oxygens (including phenoxy) is 1. The van der Waals surface area contributed by atoms with E-state index in [0.29, 0.717) is 17.4 Å². The van der Waals surface area contributed by atoms with E-state index >= 15 is 0 Å². The first-order valence-corrected chi connectivity index (χ1v) is 12.9. The van der Waals surface area contributed by atoms with E-state index in [1.54, 1.807) is 31.3 Å². The number of nitrogens with one attached hydrogen (secondary N) is 1. The number of nitrogens with zero attached hydrogens (tertiary/aromatic N) is 1. The van der Waals surface area contributed by atoms with Gasteiger partial charge in [-0.25, -0.2) is 8.42 Å². The molecule has 0 unspecified atom stereocenters. The monoisotopic (exact) mass is 458 g/mol. The molecule has 2 aromatic carbocycles. The minimum Gasteiger partial charge on any atom is -0.483 e. The lowest BCUT2D eigenvalue weighted by molar-refractivity contribution is -0.118. The highest BCUT2D eigenvalue weighted by Gasteiger charge is 2.28. The minimum atomic E-state index is -3.55. The zero-order valence-corrected chi connectivity index (χ0v) is 20.0. The van der Waals surface area contributed by atoms with Crippen LogP contribution in [0.15, 0.2) is 53.4 Å². The van der Waals surface area contributed by atoms with Gasteiger partial charge in [0.2, 0.25) is 10.0 Å². The highest BCUT2D eigenvalue weighted by molar-refractivity contribution is 7.89. The Bertz CT molecular complexity index is 999. The van der Waals surface area contributed by atoms with Crippen LogP contribution in [0.5, 0.6) is 5.75 Å². The first-order chi connectivity index (χ1) is 15.3. The normalized spacial score (nSPS) is 16.0. The van der Waals surface area contributed by atoms with Crippen LogP contribution in [0.25, 0.3) is 0 Å². The summed E-state index contributed by atoms with van der Waals surface area (Å²) in [6.45, 7) is 4.13. The van der Waals surface area contributed by atoms with Gasteiger partial charge in [-0.3, -0.25) is 4.79 Å². The van der Waals surface area contributed by atoms with E-state index in [-0.39, 0.29) is 23.5 Å². The number of carbonyl (C=O) groups excluding carboxylic acids is 1. The molecule has 0 bridgehead atoms. The van der Waals surface area contributed by atoms with Crippen LogP contribution in [-0.2, 0) is 14.8 Å². The third kappa shape index (κ3) is 5.90. The Morgan fingerprint density at radius 2 is 1.75 bits per heavy atom. The number of anilines is 1. The van der Waals surface area contributed by atoms with Crippen LogP contribution in [-0.4, -0.2) is 38.3 Å². The molecule has 0 radical (unpaired) electrons. The third-order valence-corrected chi connectivity index (χ3v) is 8.25. The number of sulfonamides is 1. The van der Waals surface area contributed by atoms with E-state index in [2.05, 4.69) is 19.2 Å². The third-order valence-electron chi connectivity index (χ3n) is 6.33. The van der Waals surface area contributed by atoms with Crippen molar-refractivity contribution in [3.05, 3.63) is 54.1 Å².